The van der Waals surface area contributed by atoms with Crippen molar-refractivity contribution in [3.63, 3.8) is 0 Å². The molecule has 0 fully saturated rings. The molecule has 3 aromatic rings. The molecular weight excluding hydrogens is 283 g/mol. The second kappa shape index (κ2) is 4.84. The van der Waals surface area contributed by atoms with Crippen LogP contribution < -0.4 is 5.32 Å². The summed E-state index contributed by atoms with van der Waals surface area (Å²) >= 11 is 0. The fraction of sp³-hybridized carbons (Fsp3) is 0.125. The molecule has 1 aromatic carbocycles. The molecule has 4 rings (SSSR count). The third-order valence-electron chi connectivity index (χ3n) is 3.87. The maximum Gasteiger partial charge on any atom is 0.258 e. The minimum Gasteiger partial charge on any atom is -0.364 e. The zero-order chi connectivity index (χ0) is 15.1. The second-order valence-corrected chi connectivity index (χ2v) is 5.18. The molecule has 5 nitrogen and oxygen atoms in total. The lowest BCUT2D eigenvalue weighted by molar-refractivity contribution is 0.102. The number of H-pyrrole nitrogens is 1. The fourth-order valence-corrected chi connectivity index (χ4v) is 2.80. The van der Waals surface area contributed by atoms with Crippen LogP contribution in [0.3, 0.4) is 0 Å². The minimum absolute atomic E-state index is 0.168. The van der Waals surface area contributed by atoms with Crippen LogP contribution in [0.15, 0.2) is 42.9 Å². The predicted molar refractivity (Wildman–Crippen MR) is 80.1 cm³/mol. The highest BCUT2D eigenvalue weighted by Gasteiger charge is 2.25. The maximum atomic E-state index is 13.7. The van der Waals surface area contributed by atoms with Gasteiger partial charge in [-0.2, -0.15) is 0 Å². The standard InChI is InChI=1S/C16H13FN4O/c17-11-3-1-2-4-12(11)20-16(22)10-9-19-13-5-7-21-8-6-18-15(21)14(10)13/h1-4,6,8-9,19H,5,7H2,(H,20,22). The largest absolute Gasteiger partial charge is 0.364 e. The van der Waals surface area contributed by atoms with E-state index in [2.05, 4.69) is 15.3 Å². The maximum absolute atomic E-state index is 13.7. The van der Waals surface area contributed by atoms with E-state index in [1.807, 2.05) is 10.8 Å². The second-order valence-electron chi connectivity index (χ2n) is 5.18. The van der Waals surface area contributed by atoms with Crippen molar-refractivity contribution in [1.29, 1.82) is 0 Å². The minimum atomic E-state index is -0.457. The van der Waals surface area contributed by atoms with Gasteiger partial charge in [-0.1, -0.05) is 12.1 Å². The van der Waals surface area contributed by atoms with Crippen molar-refractivity contribution in [3.8, 4) is 11.4 Å². The normalized spacial score (nSPS) is 12.6. The molecule has 0 unspecified atom stereocenters. The first-order valence-electron chi connectivity index (χ1n) is 7.01. The van der Waals surface area contributed by atoms with Crippen LogP contribution >= 0.6 is 0 Å². The van der Waals surface area contributed by atoms with Crippen molar-refractivity contribution in [2.75, 3.05) is 5.32 Å². The number of halogens is 1. The molecule has 1 amide bonds. The van der Waals surface area contributed by atoms with E-state index in [0.29, 0.717) is 5.56 Å². The van der Waals surface area contributed by atoms with Gasteiger partial charge in [-0.25, -0.2) is 9.37 Å². The van der Waals surface area contributed by atoms with Gasteiger partial charge in [-0.15, -0.1) is 0 Å². The Bertz CT molecular complexity index is 865. The van der Waals surface area contributed by atoms with Gasteiger partial charge in [0.15, 0.2) is 0 Å². The summed E-state index contributed by atoms with van der Waals surface area (Å²) in [6, 6.07) is 6.11. The lowest BCUT2D eigenvalue weighted by Crippen LogP contribution is -2.16. The number of aromatic nitrogens is 3. The van der Waals surface area contributed by atoms with Crippen molar-refractivity contribution in [3.05, 3.63) is 59.9 Å². The summed E-state index contributed by atoms with van der Waals surface area (Å²) in [5.41, 5.74) is 2.43. The summed E-state index contributed by atoms with van der Waals surface area (Å²) in [5.74, 6) is -0.0398. The van der Waals surface area contributed by atoms with Gasteiger partial charge in [0.1, 0.15) is 11.6 Å². The molecular formula is C16H13FN4O. The molecule has 0 spiro atoms. The van der Waals surface area contributed by atoms with E-state index in [1.165, 1.54) is 12.1 Å². The number of fused-ring (bicyclic) bond motifs is 3. The van der Waals surface area contributed by atoms with Crippen LogP contribution in [0.2, 0.25) is 0 Å². The van der Waals surface area contributed by atoms with Crippen LogP contribution in [0.5, 0.6) is 0 Å². The third-order valence-corrected chi connectivity index (χ3v) is 3.87. The SMILES string of the molecule is O=C(Nc1ccccc1F)c1c[nH]c2c1-c1nccn1CC2. The van der Waals surface area contributed by atoms with Gasteiger partial charge >= 0.3 is 0 Å². The van der Waals surface area contributed by atoms with Crippen LogP contribution in [0.1, 0.15) is 16.1 Å². The zero-order valence-electron chi connectivity index (χ0n) is 11.6. The molecule has 1 aliphatic heterocycles. The average Bonchev–Trinajstić information content (AvgIpc) is 3.14. The molecule has 0 saturated heterocycles. The number of carbonyl (C=O) groups excluding carboxylic acids is 1. The number of benzene rings is 1. The molecule has 22 heavy (non-hydrogen) atoms. The highest BCUT2D eigenvalue weighted by atomic mass is 19.1. The lowest BCUT2D eigenvalue weighted by Gasteiger charge is -2.15. The average molecular weight is 296 g/mol. The summed E-state index contributed by atoms with van der Waals surface area (Å²) in [4.78, 5) is 20.0. The van der Waals surface area contributed by atoms with Gasteiger partial charge in [-0.3, -0.25) is 4.79 Å². The van der Waals surface area contributed by atoms with Gasteiger partial charge in [0.25, 0.3) is 5.91 Å². The Morgan fingerprint density at radius 2 is 2.23 bits per heavy atom. The van der Waals surface area contributed by atoms with Gasteiger partial charge < -0.3 is 14.9 Å². The van der Waals surface area contributed by atoms with Crippen molar-refractivity contribution >= 4 is 11.6 Å². The Kier molecular flexibility index (Phi) is 2.82. The quantitative estimate of drug-likeness (QED) is 0.764. The van der Waals surface area contributed by atoms with Crippen molar-refractivity contribution < 1.29 is 9.18 Å². The lowest BCUT2D eigenvalue weighted by atomic mass is 10.0. The first-order chi connectivity index (χ1) is 10.7. The molecule has 3 heterocycles. The molecule has 0 radical (unpaired) electrons. The topological polar surface area (TPSA) is 62.7 Å². The van der Waals surface area contributed by atoms with E-state index in [1.54, 1.807) is 24.5 Å². The van der Waals surface area contributed by atoms with Gasteiger partial charge in [0.2, 0.25) is 0 Å². The number of amides is 1. The van der Waals surface area contributed by atoms with E-state index in [-0.39, 0.29) is 11.6 Å². The fourth-order valence-electron chi connectivity index (χ4n) is 2.80. The Morgan fingerprint density at radius 3 is 3.09 bits per heavy atom. The number of carbonyl (C=O) groups is 1. The Labute approximate surface area is 125 Å². The molecule has 0 saturated carbocycles. The highest BCUT2D eigenvalue weighted by Crippen LogP contribution is 2.31. The molecule has 2 aromatic heterocycles. The Morgan fingerprint density at radius 1 is 1.36 bits per heavy atom. The first kappa shape index (κ1) is 12.8. The van der Waals surface area contributed by atoms with E-state index >= 15 is 0 Å². The van der Waals surface area contributed by atoms with Crippen molar-refractivity contribution in [2.24, 2.45) is 0 Å². The van der Waals surface area contributed by atoms with Crippen LogP contribution in [0.25, 0.3) is 11.4 Å². The van der Waals surface area contributed by atoms with Crippen LogP contribution in [0, 0.1) is 5.82 Å². The zero-order valence-corrected chi connectivity index (χ0v) is 11.6. The molecule has 0 aliphatic carbocycles. The van der Waals surface area contributed by atoms with Crippen molar-refractivity contribution in [1.82, 2.24) is 14.5 Å². The number of anilines is 1. The number of imidazole rings is 1. The number of rotatable bonds is 2. The smallest absolute Gasteiger partial charge is 0.258 e. The van der Waals surface area contributed by atoms with E-state index in [4.69, 9.17) is 0 Å². The summed E-state index contributed by atoms with van der Waals surface area (Å²) in [5, 5.41) is 2.61. The summed E-state index contributed by atoms with van der Waals surface area (Å²) in [7, 11) is 0. The first-order valence-corrected chi connectivity index (χ1v) is 7.01. The van der Waals surface area contributed by atoms with E-state index < -0.39 is 5.82 Å². The summed E-state index contributed by atoms with van der Waals surface area (Å²) < 4.78 is 15.7. The monoisotopic (exact) mass is 296 g/mol. The van der Waals surface area contributed by atoms with Crippen LogP contribution in [-0.2, 0) is 13.0 Å². The van der Waals surface area contributed by atoms with Gasteiger partial charge in [-0.05, 0) is 12.1 Å². The van der Waals surface area contributed by atoms with Gasteiger partial charge in [0.05, 0.1) is 16.8 Å². The Balaban J connectivity index is 1.72. The molecule has 1 aliphatic rings. The molecule has 0 bridgehead atoms. The number of hydrogen-bond acceptors (Lipinski definition) is 2. The predicted octanol–water partition coefficient (Wildman–Crippen LogP) is 2.83. The third kappa shape index (κ3) is 1.92. The summed E-state index contributed by atoms with van der Waals surface area (Å²) in [6.07, 6.45) is 6.08. The Hall–Kier alpha value is -2.89. The summed E-state index contributed by atoms with van der Waals surface area (Å²) in [6.45, 7) is 0.831. The number of nitrogens with zero attached hydrogens (tertiary/aromatic N) is 2. The molecule has 6 heteroatoms. The number of para-hydroxylation sites is 1. The van der Waals surface area contributed by atoms with E-state index in [9.17, 15) is 9.18 Å². The number of aromatic amines is 1. The molecule has 0 atom stereocenters. The molecule has 2 N–H and O–H groups in total. The highest BCUT2D eigenvalue weighted by molar-refractivity contribution is 6.08. The van der Waals surface area contributed by atoms with Crippen LogP contribution in [-0.4, -0.2) is 20.4 Å². The van der Waals surface area contributed by atoms with Gasteiger partial charge in [0, 0.05) is 37.3 Å². The van der Waals surface area contributed by atoms with Crippen molar-refractivity contribution in [2.45, 2.75) is 13.0 Å². The number of aryl methyl sites for hydroxylation is 2. The van der Waals surface area contributed by atoms with Crippen LogP contribution in [0.4, 0.5) is 10.1 Å². The number of hydrogen-bond donors (Lipinski definition) is 2. The van der Waals surface area contributed by atoms with E-state index in [0.717, 1.165) is 30.0 Å². The molecule has 110 valence electrons. The number of nitrogens with one attached hydrogen (secondary N) is 2.